The molecule has 0 aliphatic carbocycles. The third-order valence-corrected chi connectivity index (χ3v) is 4.32. The Morgan fingerprint density at radius 1 is 1.24 bits per heavy atom. The Balaban J connectivity index is 2.64. The van der Waals surface area contributed by atoms with E-state index in [1.807, 2.05) is 6.92 Å². The van der Waals surface area contributed by atoms with Crippen molar-refractivity contribution in [2.45, 2.75) is 43.7 Å². The van der Waals surface area contributed by atoms with E-state index in [1.165, 1.54) is 11.1 Å². The van der Waals surface area contributed by atoms with Crippen LogP contribution in [0.15, 0.2) is 24.3 Å². The minimum absolute atomic E-state index is 0.0277. The van der Waals surface area contributed by atoms with E-state index in [-0.39, 0.29) is 17.9 Å². The first-order chi connectivity index (χ1) is 8.08. The average Bonchev–Trinajstić information content (AvgIpc) is 2.37. The molecule has 0 radical (unpaired) electrons. The second-order valence-corrected chi connectivity index (χ2v) is 6.28. The molecule has 0 amide bonds. The number of thioether (sulfide) groups is 1. The number of aliphatic hydroxyl groups is 1. The van der Waals surface area contributed by atoms with Crippen LogP contribution in [0.1, 0.15) is 37.9 Å². The molecule has 3 atom stereocenters. The maximum absolute atomic E-state index is 9.04. The topological polar surface area (TPSA) is 46.2 Å². The van der Waals surface area contributed by atoms with Crippen molar-refractivity contribution in [3.05, 3.63) is 35.4 Å². The van der Waals surface area contributed by atoms with Gasteiger partial charge in [-0.1, -0.05) is 45.0 Å². The molecule has 0 aromatic heterocycles. The number of aliphatic hydroxyl groups excluding tert-OH is 1. The van der Waals surface area contributed by atoms with Crippen LogP contribution in [-0.4, -0.2) is 22.2 Å². The Kier molecular flexibility index (Phi) is 6.03. The molecule has 3 unspecified atom stereocenters. The molecule has 0 saturated carbocycles. The lowest BCUT2D eigenvalue weighted by molar-refractivity contribution is 0.299. The zero-order valence-electron chi connectivity index (χ0n) is 10.9. The summed E-state index contributed by atoms with van der Waals surface area (Å²) < 4.78 is 0. The molecule has 0 spiro atoms. The second kappa shape index (κ2) is 7.04. The van der Waals surface area contributed by atoms with Gasteiger partial charge in [-0.2, -0.15) is 11.8 Å². The summed E-state index contributed by atoms with van der Waals surface area (Å²) in [5, 5.41) is 9.59. The van der Waals surface area contributed by atoms with E-state index in [0.717, 1.165) is 6.42 Å². The van der Waals surface area contributed by atoms with E-state index in [1.54, 1.807) is 11.8 Å². The largest absolute Gasteiger partial charge is 0.395 e. The van der Waals surface area contributed by atoms with Gasteiger partial charge >= 0.3 is 0 Å². The molecule has 2 nitrogen and oxygen atoms in total. The van der Waals surface area contributed by atoms with Crippen LogP contribution in [0.4, 0.5) is 0 Å². The number of hydrogen-bond donors (Lipinski definition) is 2. The summed E-state index contributed by atoms with van der Waals surface area (Å²) >= 11 is 1.74. The normalized spacial score (nSPS) is 16.5. The van der Waals surface area contributed by atoms with Crippen molar-refractivity contribution in [1.82, 2.24) is 0 Å². The molecular weight excluding hydrogens is 230 g/mol. The molecular formula is C14H23NOS. The number of aryl methyl sites for hydroxylation is 1. The Bertz CT molecular complexity index is 325. The maximum Gasteiger partial charge on any atom is 0.0547 e. The number of benzene rings is 1. The Morgan fingerprint density at radius 2 is 1.82 bits per heavy atom. The smallest absolute Gasteiger partial charge is 0.0547 e. The summed E-state index contributed by atoms with van der Waals surface area (Å²) in [6.07, 6.45) is 1.06. The van der Waals surface area contributed by atoms with Crippen LogP contribution in [0, 0.1) is 0 Å². The van der Waals surface area contributed by atoms with Crippen molar-refractivity contribution in [2.75, 3.05) is 6.61 Å². The molecule has 0 fully saturated rings. The van der Waals surface area contributed by atoms with Crippen molar-refractivity contribution in [3.8, 4) is 0 Å². The van der Waals surface area contributed by atoms with Crippen molar-refractivity contribution in [2.24, 2.45) is 5.73 Å². The van der Waals surface area contributed by atoms with Crippen molar-refractivity contribution in [1.29, 1.82) is 0 Å². The SMILES string of the molecule is CCc1ccc(C(N)C(C)SC(C)CO)cc1. The Morgan fingerprint density at radius 3 is 2.29 bits per heavy atom. The van der Waals surface area contributed by atoms with Crippen LogP contribution in [0.2, 0.25) is 0 Å². The van der Waals surface area contributed by atoms with Gasteiger partial charge in [0.25, 0.3) is 0 Å². The lowest BCUT2D eigenvalue weighted by atomic mass is 10.0. The molecule has 3 heteroatoms. The molecule has 0 heterocycles. The first kappa shape index (κ1) is 14.6. The summed E-state index contributed by atoms with van der Waals surface area (Å²) in [7, 11) is 0. The molecule has 96 valence electrons. The fourth-order valence-electron chi connectivity index (χ4n) is 1.74. The molecule has 1 aromatic rings. The predicted octanol–water partition coefficient (Wildman–Crippen LogP) is 2.75. The van der Waals surface area contributed by atoms with E-state index >= 15 is 0 Å². The highest BCUT2D eigenvalue weighted by Crippen LogP contribution is 2.27. The van der Waals surface area contributed by atoms with Crippen molar-refractivity contribution >= 4 is 11.8 Å². The molecule has 0 aliphatic rings. The first-order valence-electron chi connectivity index (χ1n) is 6.19. The maximum atomic E-state index is 9.04. The Hall–Kier alpha value is -0.510. The number of nitrogens with two attached hydrogens (primary N) is 1. The van der Waals surface area contributed by atoms with Gasteiger partial charge in [0.1, 0.15) is 0 Å². The highest BCUT2D eigenvalue weighted by atomic mass is 32.2. The number of rotatable bonds is 6. The molecule has 3 N–H and O–H groups in total. The van der Waals surface area contributed by atoms with Gasteiger partial charge < -0.3 is 10.8 Å². The summed E-state index contributed by atoms with van der Waals surface area (Å²) in [5.41, 5.74) is 8.74. The minimum Gasteiger partial charge on any atom is -0.395 e. The van der Waals surface area contributed by atoms with Crippen LogP contribution in [0.3, 0.4) is 0 Å². The second-order valence-electron chi connectivity index (χ2n) is 4.46. The third-order valence-electron chi connectivity index (χ3n) is 2.98. The zero-order chi connectivity index (χ0) is 12.8. The first-order valence-corrected chi connectivity index (χ1v) is 7.13. The summed E-state index contributed by atoms with van der Waals surface area (Å²) in [5.74, 6) is 0. The molecule has 1 aromatic carbocycles. The van der Waals surface area contributed by atoms with E-state index < -0.39 is 0 Å². The van der Waals surface area contributed by atoms with Crippen LogP contribution in [-0.2, 0) is 6.42 Å². The van der Waals surface area contributed by atoms with Crippen LogP contribution < -0.4 is 5.73 Å². The van der Waals surface area contributed by atoms with Crippen LogP contribution >= 0.6 is 11.8 Å². The summed E-state index contributed by atoms with van der Waals surface area (Å²) in [4.78, 5) is 0. The van der Waals surface area contributed by atoms with Gasteiger partial charge in [-0.15, -0.1) is 0 Å². The van der Waals surface area contributed by atoms with E-state index in [4.69, 9.17) is 10.8 Å². The highest BCUT2D eigenvalue weighted by Gasteiger charge is 2.17. The molecule has 17 heavy (non-hydrogen) atoms. The molecule has 0 aliphatic heterocycles. The third kappa shape index (κ3) is 4.34. The number of hydrogen-bond acceptors (Lipinski definition) is 3. The van der Waals surface area contributed by atoms with E-state index in [9.17, 15) is 0 Å². The van der Waals surface area contributed by atoms with Crippen LogP contribution in [0.5, 0.6) is 0 Å². The van der Waals surface area contributed by atoms with Crippen molar-refractivity contribution in [3.63, 3.8) is 0 Å². The van der Waals surface area contributed by atoms with E-state index in [2.05, 4.69) is 38.1 Å². The van der Waals surface area contributed by atoms with Gasteiger partial charge in [0.2, 0.25) is 0 Å². The molecule has 0 saturated heterocycles. The van der Waals surface area contributed by atoms with Gasteiger partial charge in [-0.25, -0.2) is 0 Å². The highest BCUT2D eigenvalue weighted by molar-refractivity contribution is 8.00. The quantitative estimate of drug-likeness (QED) is 0.819. The standard InChI is InChI=1S/C14H23NOS/c1-4-12-5-7-13(8-6-12)14(15)11(3)17-10(2)9-16/h5-8,10-11,14,16H,4,9,15H2,1-3H3. The fraction of sp³-hybridized carbons (Fsp3) is 0.571. The Labute approximate surface area is 109 Å². The lowest BCUT2D eigenvalue weighted by Crippen LogP contribution is -2.23. The summed E-state index contributed by atoms with van der Waals surface area (Å²) in [6.45, 7) is 6.50. The predicted molar refractivity (Wildman–Crippen MR) is 76.3 cm³/mol. The molecule has 1 rings (SSSR count). The van der Waals surface area contributed by atoms with E-state index in [0.29, 0.717) is 5.25 Å². The fourth-order valence-corrected chi connectivity index (χ4v) is 2.89. The minimum atomic E-state index is 0.0277. The van der Waals surface area contributed by atoms with Gasteiger partial charge in [-0.05, 0) is 17.5 Å². The average molecular weight is 253 g/mol. The lowest BCUT2D eigenvalue weighted by Gasteiger charge is -2.22. The van der Waals surface area contributed by atoms with Gasteiger partial charge in [-0.3, -0.25) is 0 Å². The van der Waals surface area contributed by atoms with Gasteiger partial charge in [0.05, 0.1) is 6.61 Å². The summed E-state index contributed by atoms with van der Waals surface area (Å²) in [6, 6.07) is 8.54. The van der Waals surface area contributed by atoms with Crippen LogP contribution in [0.25, 0.3) is 0 Å². The van der Waals surface area contributed by atoms with Gasteiger partial charge in [0, 0.05) is 16.5 Å². The monoisotopic (exact) mass is 253 g/mol. The van der Waals surface area contributed by atoms with Gasteiger partial charge in [0.15, 0.2) is 0 Å². The molecule has 0 bridgehead atoms. The zero-order valence-corrected chi connectivity index (χ0v) is 11.7. The van der Waals surface area contributed by atoms with Crippen molar-refractivity contribution < 1.29 is 5.11 Å².